The van der Waals surface area contributed by atoms with Crippen LogP contribution in [0.4, 0.5) is 0 Å². The number of hydrazine groups is 1. The molecule has 2 heterocycles. The van der Waals surface area contributed by atoms with E-state index in [0.29, 0.717) is 23.9 Å². The Bertz CT molecular complexity index is 504. The molecule has 0 spiro atoms. The van der Waals surface area contributed by atoms with Crippen LogP contribution in [0, 0.1) is 23.7 Å². The first kappa shape index (κ1) is 18.6. The van der Waals surface area contributed by atoms with E-state index in [9.17, 15) is 4.79 Å². The molecule has 0 bridgehead atoms. The fourth-order valence-corrected chi connectivity index (χ4v) is 5.56. The minimum Gasteiger partial charge on any atom is -0.353 e. The molecule has 26 heavy (non-hydrogen) atoms. The van der Waals surface area contributed by atoms with Crippen LogP contribution >= 0.6 is 0 Å². The molecule has 2 saturated heterocycles. The molecule has 7 heteroatoms. The van der Waals surface area contributed by atoms with Gasteiger partial charge in [-0.2, -0.15) is 5.48 Å². The molecule has 148 valence electrons. The van der Waals surface area contributed by atoms with Crippen molar-refractivity contribution in [3.8, 4) is 0 Å². The van der Waals surface area contributed by atoms with Gasteiger partial charge in [0, 0.05) is 18.6 Å². The third kappa shape index (κ3) is 3.92. The lowest BCUT2D eigenvalue weighted by molar-refractivity contribution is -0.127. The molecule has 5 N–H and O–H groups in total. The van der Waals surface area contributed by atoms with Crippen molar-refractivity contribution in [2.24, 2.45) is 23.7 Å². The Kier molecular flexibility index (Phi) is 5.81. The first-order valence-electron chi connectivity index (χ1n) is 10.6. The van der Waals surface area contributed by atoms with Gasteiger partial charge in [-0.25, -0.2) is 0 Å². The fourth-order valence-electron chi connectivity index (χ4n) is 5.56. The van der Waals surface area contributed by atoms with Crippen LogP contribution in [0.3, 0.4) is 0 Å². The van der Waals surface area contributed by atoms with Gasteiger partial charge in [0.2, 0.25) is 5.91 Å². The molecule has 4 rings (SSSR count). The summed E-state index contributed by atoms with van der Waals surface area (Å²) in [5, 5.41) is 6.97. The van der Waals surface area contributed by atoms with E-state index < -0.39 is 0 Å². The number of hydrogen-bond donors (Lipinski definition) is 5. The van der Waals surface area contributed by atoms with Crippen molar-refractivity contribution in [1.82, 2.24) is 27.0 Å². The molecule has 4 fully saturated rings. The standard InChI is InChI=1S/C19H35N5O2/c1-3-17-22-18(24-26-17)13-4-6-15-12(9-13)5-7-16(15)21-19(25)14-8-11(2)23-20-10-14/h11-18,20,22-24H,3-10H2,1-2H3,(H,21,25)/t11?,12?,13?,14?,15?,16-,17?,18?/m1/s1. The summed E-state index contributed by atoms with van der Waals surface area (Å²) in [6.07, 6.45) is 8.40. The van der Waals surface area contributed by atoms with E-state index in [0.717, 1.165) is 31.7 Å². The van der Waals surface area contributed by atoms with Crippen LogP contribution in [0.15, 0.2) is 0 Å². The zero-order valence-electron chi connectivity index (χ0n) is 16.1. The first-order chi connectivity index (χ1) is 12.6. The van der Waals surface area contributed by atoms with Crippen LogP contribution in [-0.2, 0) is 9.63 Å². The molecule has 1 amide bonds. The summed E-state index contributed by atoms with van der Waals surface area (Å²) in [4.78, 5) is 18.3. The van der Waals surface area contributed by atoms with Crippen molar-refractivity contribution in [3.63, 3.8) is 0 Å². The van der Waals surface area contributed by atoms with E-state index in [1.807, 2.05) is 0 Å². The molecule has 2 saturated carbocycles. The number of amides is 1. The van der Waals surface area contributed by atoms with Gasteiger partial charge in [0.05, 0.1) is 12.1 Å². The second kappa shape index (κ2) is 8.10. The average molecular weight is 366 g/mol. The minimum atomic E-state index is 0.0941. The van der Waals surface area contributed by atoms with E-state index >= 15 is 0 Å². The van der Waals surface area contributed by atoms with Gasteiger partial charge in [0.25, 0.3) is 0 Å². The van der Waals surface area contributed by atoms with Crippen LogP contribution in [0.5, 0.6) is 0 Å². The minimum absolute atomic E-state index is 0.0941. The van der Waals surface area contributed by atoms with Crippen molar-refractivity contribution in [3.05, 3.63) is 0 Å². The summed E-state index contributed by atoms with van der Waals surface area (Å²) >= 11 is 0. The van der Waals surface area contributed by atoms with Crippen LogP contribution < -0.4 is 27.0 Å². The summed E-state index contributed by atoms with van der Waals surface area (Å²) in [7, 11) is 0. The van der Waals surface area contributed by atoms with E-state index in [-0.39, 0.29) is 24.2 Å². The van der Waals surface area contributed by atoms with Crippen molar-refractivity contribution in [1.29, 1.82) is 0 Å². The third-order valence-corrected chi connectivity index (χ3v) is 7.03. The monoisotopic (exact) mass is 365 g/mol. The Hall–Kier alpha value is -0.730. The molecule has 0 aromatic heterocycles. The van der Waals surface area contributed by atoms with E-state index in [1.54, 1.807) is 0 Å². The zero-order valence-corrected chi connectivity index (χ0v) is 16.1. The van der Waals surface area contributed by atoms with Gasteiger partial charge in [-0.05, 0) is 69.6 Å². The molecule has 4 aliphatic rings. The highest BCUT2D eigenvalue weighted by molar-refractivity contribution is 5.79. The Balaban J connectivity index is 1.28. The summed E-state index contributed by atoms with van der Waals surface area (Å²) in [5.41, 5.74) is 9.55. The second-order valence-corrected chi connectivity index (χ2v) is 8.83. The van der Waals surface area contributed by atoms with Gasteiger partial charge in [0.1, 0.15) is 6.23 Å². The first-order valence-corrected chi connectivity index (χ1v) is 10.6. The highest BCUT2D eigenvalue weighted by Gasteiger charge is 2.44. The Morgan fingerprint density at radius 3 is 2.77 bits per heavy atom. The van der Waals surface area contributed by atoms with E-state index in [1.165, 1.54) is 25.7 Å². The number of nitrogens with one attached hydrogen (secondary N) is 5. The third-order valence-electron chi connectivity index (χ3n) is 7.03. The summed E-state index contributed by atoms with van der Waals surface area (Å²) in [5.74, 6) is 2.38. The summed E-state index contributed by atoms with van der Waals surface area (Å²) in [6, 6.07) is 0.731. The highest BCUT2D eigenvalue weighted by atomic mass is 16.7. The molecule has 7 unspecified atom stereocenters. The Morgan fingerprint density at radius 2 is 2.00 bits per heavy atom. The van der Waals surface area contributed by atoms with Gasteiger partial charge in [0.15, 0.2) is 0 Å². The molecule has 0 aromatic rings. The smallest absolute Gasteiger partial charge is 0.224 e. The number of fused-ring (bicyclic) bond motifs is 1. The van der Waals surface area contributed by atoms with Crippen molar-refractivity contribution < 1.29 is 9.63 Å². The van der Waals surface area contributed by atoms with Gasteiger partial charge in [-0.15, -0.1) is 0 Å². The predicted molar refractivity (Wildman–Crippen MR) is 99.4 cm³/mol. The van der Waals surface area contributed by atoms with Gasteiger partial charge in [-0.1, -0.05) is 6.92 Å². The lowest BCUT2D eigenvalue weighted by Gasteiger charge is -2.37. The summed E-state index contributed by atoms with van der Waals surface area (Å²) in [6.45, 7) is 5.00. The molecule has 2 aliphatic heterocycles. The zero-order chi connectivity index (χ0) is 18.1. The van der Waals surface area contributed by atoms with Gasteiger partial charge < -0.3 is 5.32 Å². The van der Waals surface area contributed by atoms with E-state index in [4.69, 9.17) is 4.84 Å². The molecule has 7 nitrogen and oxygen atoms in total. The largest absolute Gasteiger partial charge is 0.353 e. The molecule has 0 aromatic carbocycles. The van der Waals surface area contributed by atoms with E-state index in [2.05, 4.69) is 40.8 Å². The predicted octanol–water partition coefficient (Wildman–Crippen LogP) is 0.987. The number of carbonyl (C=O) groups is 1. The average Bonchev–Trinajstić information content (AvgIpc) is 3.28. The lowest BCUT2D eigenvalue weighted by atomic mass is 9.73. The van der Waals surface area contributed by atoms with Crippen LogP contribution in [0.1, 0.15) is 58.8 Å². The number of hydrogen-bond acceptors (Lipinski definition) is 6. The van der Waals surface area contributed by atoms with Crippen molar-refractivity contribution in [2.45, 2.75) is 83.3 Å². The highest BCUT2D eigenvalue weighted by Crippen LogP contribution is 2.45. The normalized spacial score (nSPS) is 46.1. The van der Waals surface area contributed by atoms with Crippen molar-refractivity contribution >= 4 is 5.91 Å². The number of hydroxylamine groups is 1. The fraction of sp³-hybridized carbons (Fsp3) is 0.947. The summed E-state index contributed by atoms with van der Waals surface area (Å²) < 4.78 is 0. The van der Waals surface area contributed by atoms with Crippen LogP contribution in [0.25, 0.3) is 0 Å². The molecule has 8 atom stereocenters. The quantitative estimate of drug-likeness (QED) is 0.511. The SMILES string of the molecule is CCC1NC(C2CCC3C(CC[C@H]3NC(=O)C3CNNC(C)C3)C2)NO1. The maximum Gasteiger partial charge on any atom is 0.224 e. The Labute approximate surface area is 156 Å². The van der Waals surface area contributed by atoms with Crippen LogP contribution in [0.2, 0.25) is 0 Å². The van der Waals surface area contributed by atoms with Gasteiger partial charge in [-0.3, -0.25) is 25.8 Å². The maximum atomic E-state index is 12.7. The molecule has 2 aliphatic carbocycles. The number of carbonyl (C=O) groups excluding carboxylic acids is 1. The topological polar surface area (TPSA) is 86.5 Å². The second-order valence-electron chi connectivity index (χ2n) is 8.83. The molecule has 0 radical (unpaired) electrons. The number of rotatable bonds is 4. The Morgan fingerprint density at radius 1 is 1.15 bits per heavy atom. The van der Waals surface area contributed by atoms with Crippen molar-refractivity contribution in [2.75, 3.05) is 6.54 Å². The lowest BCUT2D eigenvalue weighted by Crippen LogP contribution is -2.54. The van der Waals surface area contributed by atoms with Gasteiger partial charge >= 0.3 is 0 Å². The van der Waals surface area contributed by atoms with Crippen LogP contribution in [-0.4, -0.2) is 36.9 Å². The maximum absolute atomic E-state index is 12.7. The molecular weight excluding hydrogens is 330 g/mol. The molecular formula is C19H35N5O2.